The lowest BCUT2D eigenvalue weighted by Crippen LogP contribution is -1.99. The van der Waals surface area contributed by atoms with E-state index >= 15 is 0 Å². The van der Waals surface area contributed by atoms with E-state index in [4.69, 9.17) is 18.8 Å². The number of benzene rings is 7. The third-order valence-electron chi connectivity index (χ3n) is 10.0. The van der Waals surface area contributed by atoms with Crippen molar-refractivity contribution in [3.05, 3.63) is 164 Å². The molecule has 0 saturated carbocycles. The molecule has 0 aliphatic carbocycles. The van der Waals surface area contributed by atoms with Gasteiger partial charge in [-0.25, -0.2) is 9.97 Å². The molecule has 11 aromatic rings. The minimum Gasteiger partial charge on any atom is -0.456 e. The Labute approximate surface area is 291 Å². The lowest BCUT2D eigenvalue weighted by atomic mass is 9.99. The topological polar surface area (TPSA) is 57.0 Å². The molecule has 0 aliphatic rings. The Hall–Kier alpha value is -6.98. The fourth-order valence-electron chi connectivity index (χ4n) is 7.71. The first-order valence-corrected chi connectivity index (χ1v) is 17.1. The van der Waals surface area contributed by atoms with E-state index in [-0.39, 0.29) is 0 Å². The zero-order valence-electron chi connectivity index (χ0n) is 27.2. The van der Waals surface area contributed by atoms with Gasteiger partial charge in [-0.05, 0) is 65.7 Å². The van der Waals surface area contributed by atoms with E-state index in [1.54, 1.807) is 0 Å². The average Bonchev–Trinajstić information content (AvgIpc) is 3.87. The Morgan fingerprint density at radius 2 is 1.04 bits per heavy atom. The first-order chi connectivity index (χ1) is 25.3. The average molecular weight is 654 g/mol. The predicted molar refractivity (Wildman–Crippen MR) is 207 cm³/mol. The fraction of sp³-hybridized carbons (Fsp3) is 0. The number of para-hydroxylation sites is 3. The Bertz CT molecular complexity index is 3130. The zero-order valence-corrected chi connectivity index (χ0v) is 27.2. The standard InChI is InChI=1S/C46H27N3O2/c1-3-12-28(13-4-1)44-43-36-27-29(30-23-25-40-35(26-30)32-16-7-9-19-38(32)50-40)22-24-37(36)49(31-14-5-2-6-15-31)46(43)48-45(47-44)34-18-11-21-41-42(34)33-17-8-10-20-39(33)51-41/h1-27H. The molecule has 0 amide bonds. The molecule has 7 aromatic carbocycles. The van der Waals surface area contributed by atoms with Crippen molar-refractivity contribution in [2.24, 2.45) is 0 Å². The highest BCUT2D eigenvalue weighted by Crippen LogP contribution is 2.42. The molecule has 0 spiro atoms. The molecule has 4 heterocycles. The molecule has 11 rings (SSSR count). The van der Waals surface area contributed by atoms with Crippen molar-refractivity contribution in [2.75, 3.05) is 0 Å². The van der Waals surface area contributed by atoms with Crippen LogP contribution in [-0.4, -0.2) is 14.5 Å². The summed E-state index contributed by atoms with van der Waals surface area (Å²) in [7, 11) is 0. The summed E-state index contributed by atoms with van der Waals surface area (Å²) >= 11 is 0. The first-order valence-electron chi connectivity index (χ1n) is 17.1. The van der Waals surface area contributed by atoms with E-state index < -0.39 is 0 Å². The second-order valence-electron chi connectivity index (χ2n) is 12.9. The van der Waals surface area contributed by atoms with E-state index in [0.717, 1.165) is 99.4 Å². The molecule has 0 atom stereocenters. The van der Waals surface area contributed by atoms with Crippen molar-refractivity contribution in [3.8, 4) is 39.5 Å². The van der Waals surface area contributed by atoms with Gasteiger partial charge in [0.05, 0.1) is 16.6 Å². The quantitative estimate of drug-likeness (QED) is 0.190. The largest absolute Gasteiger partial charge is 0.456 e. The van der Waals surface area contributed by atoms with Crippen LogP contribution < -0.4 is 0 Å². The van der Waals surface area contributed by atoms with Crippen LogP contribution >= 0.6 is 0 Å². The summed E-state index contributed by atoms with van der Waals surface area (Å²) in [5.74, 6) is 0.649. The van der Waals surface area contributed by atoms with Crippen LogP contribution in [0.4, 0.5) is 0 Å². The minimum atomic E-state index is 0.649. The summed E-state index contributed by atoms with van der Waals surface area (Å²) in [5.41, 5.74) is 11.4. The Morgan fingerprint density at radius 3 is 1.86 bits per heavy atom. The molecular weight excluding hydrogens is 627 g/mol. The predicted octanol–water partition coefficient (Wildman–Crippen LogP) is 12.4. The highest BCUT2D eigenvalue weighted by molar-refractivity contribution is 6.17. The molecule has 0 saturated heterocycles. The summed E-state index contributed by atoms with van der Waals surface area (Å²) < 4.78 is 14.7. The van der Waals surface area contributed by atoms with E-state index in [9.17, 15) is 0 Å². The summed E-state index contributed by atoms with van der Waals surface area (Å²) in [6.45, 7) is 0. The molecule has 0 aliphatic heterocycles. The fourth-order valence-corrected chi connectivity index (χ4v) is 7.71. The van der Waals surface area contributed by atoms with Crippen LogP contribution in [0.25, 0.3) is 105 Å². The van der Waals surface area contributed by atoms with Crippen molar-refractivity contribution in [1.29, 1.82) is 0 Å². The van der Waals surface area contributed by atoms with Gasteiger partial charge in [-0.1, -0.05) is 109 Å². The van der Waals surface area contributed by atoms with Crippen molar-refractivity contribution in [3.63, 3.8) is 0 Å². The van der Waals surface area contributed by atoms with Gasteiger partial charge in [-0.3, -0.25) is 4.57 Å². The zero-order chi connectivity index (χ0) is 33.5. The van der Waals surface area contributed by atoms with Gasteiger partial charge in [0.25, 0.3) is 0 Å². The van der Waals surface area contributed by atoms with Crippen LogP contribution in [0.15, 0.2) is 173 Å². The smallest absolute Gasteiger partial charge is 0.162 e. The van der Waals surface area contributed by atoms with Gasteiger partial charge in [0.1, 0.15) is 28.0 Å². The number of rotatable bonds is 4. The minimum absolute atomic E-state index is 0.649. The molecule has 0 fully saturated rings. The molecular formula is C46H27N3O2. The molecule has 5 nitrogen and oxygen atoms in total. The van der Waals surface area contributed by atoms with Crippen molar-refractivity contribution in [1.82, 2.24) is 14.5 Å². The Balaban J connectivity index is 1.24. The molecule has 0 bridgehead atoms. The number of fused-ring (bicyclic) bond motifs is 9. The summed E-state index contributed by atoms with van der Waals surface area (Å²) in [6, 6.07) is 56.6. The van der Waals surface area contributed by atoms with Crippen LogP contribution in [0, 0.1) is 0 Å². The number of hydrogen-bond donors (Lipinski definition) is 0. The van der Waals surface area contributed by atoms with Crippen LogP contribution in [-0.2, 0) is 0 Å². The summed E-state index contributed by atoms with van der Waals surface area (Å²) in [5, 5.41) is 6.37. The van der Waals surface area contributed by atoms with Gasteiger partial charge in [-0.15, -0.1) is 0 Å². The summed E-state index contributed by atoms with van der Waals surface area (Å²) in [6.07, 6.45) is 0. The SMILES string of the molecule is c1ccc(-c2nc(-c3cccc4oc5ccccc5c34)nc3c2c2cc(-c4ccc5oc6ccccc6c5c4)ccc2n3-c2ccccc2)cc1. The number of nitrogens with zero attached hydrogens (tertiary/aromatic N) is 3. The van der Waals surface area contributed by atoms with Gasteiger partial charge >= 0.3 is 0 Å². The second kappa shape index (κ2) is 10.8. The maximum atomic E-state index is 6.29. The number of aromatic nitrogens is 3. The van der Waals surface area contributed by atoms with Crippen LogP contribution in [0.1, 0.15) is 0 Å². The molecule has 0 unspecified atom stereocenters. The van der Waals surface area contributed by atoms with Gasteiger partial charge < -0.3 is 8.83 Å². The molecule has 4 aromatic heterocycles. The van der Waals surface area contributed by atoms with Gasteiger partial charge in [-0.2, -0.15) is 0 Å². The normalized spacial score (nSPS) is 11.9. The third-order valence-corrected chi connectivity index (χ3v) is 10.0. The highest BCUT2D eigenvalue weighted by atomic mass is 16.3. The number of furan rings is 2. The molecule has 5 heteroatoms. The van der Waals surface area contributed by atoms with E-state index in [1.807, 2.05) is 54.6 Å². The monoisotopic (exact) mass is 653 g/mol. The van der Waals surface area contributed by atoms with Crippen LogP contribution in [0.5, 0.6) is 0 Å². The van der Waals surface area contributed by atoms with Crippen molar-refractivity contribution >= 4 is 65.8 Å². The second-order valence-corrected chi connectivity index (χ2v) is 12.9. The molecule has 238 valence electrons. The maximum absolute atomic E-state index is 6.29. The van der Waals surface area contributed by atoms with Gasteiger partial charge in [0, 0.05) is 43.7 Å². The molecule has 51 heavy (non-hydrogen) atoms. The van der Waals surface area contributed by atoms with E-state index in [0.29, 0.717) is 5.82 Å². The van der Waals surface area contributed by atoms with Crippen LogP contribution in [0.2, 0.25) is 0 Å². The third kappa shape index (κ3) is 4.22. The van der Waals surface area contributed by atoms with E-state index in [1.165, 1.54) is 0 Å². The van der Waals surface area contributed by atoms with Gasteiger partial charge in [0.15, 0.2) is 5.82 Å². The maximum Gasteiger partial charge on any atom is 0.162 e. The summed E-state index contributed by atoms with van der Waals surface area (Å²) in [4.78, 5) is 10.9. The number of hydrogen-bond acceptors (Lipinski definition) is 4. The van der Waals surface area contributed by atoms with E-state index in [2.05, 4.69) is 114 Å². The van der Waals surface area contributed by atoms with Crippen molar-refractivity contribution < 1.29 is 8.83 Å². The Morgan fingerprint density at radius 1 is 0.412 bits per heavy atom. The molecule has 0 radical (unpaired) electrons. The highest BCUT2D eigenvalue weighted by Gasteiger charge is 2.23. The van der Waals surface area contributed by atoms with Crippen molar-refractivity contribution in [2.45, 2.75) is 0 Å². The van der Waals surface area contributed by atoms with Crippen LogP contribution in [0.3, 0.4) is 0 Å². The molecule has 0 N–H and O–H groups in total. The lowest BCUT2D eigenvalue weighted by molar-refractivity contribution is 0.668. The Kier molecular flexibility index (Phi) is 5.89. The first kappa shape index (κ1) is 27.9. The lowest BCUT2D eigenvalue weighted by Gasteiger charge is -2.11. The van der Waals surface area contributed by atoms with Gasteiger partial charge in [0.2, 0.25) is 0 Å².